The van der Waals surface area contributed by atoms with E-state index in [4.69, 9.17) is 22.8 Å². The van der Waals surface area contributed by atoms with Crippen LogP contribution in [0.2, 0.25) is 0 Å². The summed E-state index contributed by atoms with van der Waals surface area (Å²) in [5.74, 6) is 0. The Kier molecular flexibility index (Phi) is 10.2. The van der Waals surface area contributed by atoms with Gasteiger partial charge < -0.3 is 22.8 Å². The molecule has 1 heterocycles. The van der Waals surface area contributed by atoms with Crippen LogP contribution in [0.15, 0.2) is 0 Å². The zero-order valence-electron chi connectivity index (χ0n) is 15.1. The normalized spacial score (nSPS) is 17.5. The summed E-state index contributed by atoms with van der Waals surface area (Å²) >= 11 is 0. The predicted molar refractivity (Wildman–Crippen MR) is 92.5 cm³/mol. The van der Waals surface area contributed by atoms with Crippen molar-refractivity contribution in [3.63, 3.8) is 0 Å². The van der Waals surface area contributed by atoms with E-state index in [0.717, 1.165) is 0 Å². The fraction of sp³-hybridized carbons (Fsp3) is 1.00. The molecule has 1 rings (SSSR count). The largest absolute Gasteiger partial charge is 0.381 e. The van der Waals surface area contributed by atoms with Crippen molar-refractivity contribution >= 4 is 15.2 Å². The number of hydrogen-bond acceptors (Lipinski definition) is 8. The topological polar surface area (TPSA) is 92.3 Å². The van der Waals surface area contributed by atoms with Gasteiger partial charge in [-0.15, -0.1) is 0 Å². The molecule has 0 saturated carbocycles. The fourth-order valence-corrected chi connectivity index (χ4v) is 7.63. The summed E-state index contributed by atoms with van der Waals surface area (Å²) < 4.78 is 53.6. The minimum atomic E-state index is -3.74. The van der Waals surface area contributed by atoms with Crippen molar-refractivity contribution in [1.29, 1.82) is 0 Å². The number of rotatable bonds is 12. The smallest absolute Gasteiger partial charge is 0.359 e. The molecule has 0 aliphatic carbocycles. The third-order valence-corrected chi connectivity index (χ3v) is 9.11. The molecule has 24 heavy (non-hydrogen) atoms. The van der Waals surface area contributed by atoms with Crippen molar-refractivity contribution in [3.8, 4) is 0 Å². The van der Waals surface area contributed by atoms with E-state index in [9.17, 15) is 9.13 Å². The number of ether oxygens (including phenoxy) is 1. The molecule has 0 aromatic heterocycles. The zero-order chi connectivity index (χ0) is 18.1. The monoisotopic (exact) mass is 387 g/mol. The minimum Gasteiger partial charge on any atom is -0.381 e. The average Bonchev–Trinajstić information content (AvgIpc) is 2.54. The predicted octanol–water partition coefficient (Wildman–Crippen LogP) is 3.57. The highest BCUT2D eigenvalue weighted by molar-refractivity contribution is 7.72. The van der Waals surface area contributed by atoms with Gasteiger partial charge in [0.05, 0.1) is 26.4 Å². The highest BCUT2D eigenvalue weighted by Crippen LogP contribution is 2.69. The maximum absolute atomic E-state index is 13.3. The molecule has 144 valence electrons. The lowest BCUT2D eigenvalue weighted by Gasteiger charge is -2.35. The molecule has 0 aromatic rings. The molecule has 0 unspecified atom stereocenters. The average molecular weight is 387 g/mol. The van der Waals surface area contributed by atoms with Crippen molar-refractivity contribution in [3.05, 3.63) is 0 Å². The van der Waals surface area contributed by atoms with Crippen LogP contribution in [0.3, 0.4) is 0 Å². The van der Waals surface area contributed by atoms with Crippen LogP contribution in [0, 0.1) is 0 Å². The van der Waals surface area contributed by atoms with E-state index in [1.165, 1.54) is 0 Å². The Balaban J connectivity index is 3.15. The van der Waals surface area contributed by atoms with Crippen molar-refractivity contribution < 1.29 is 32.0 Å². The first-order valence-electron chi connectivity index (χ1n) is 8.57. The van der Waals surface area contributed by atoms with E-state index in [1.54, 1.807) is 27.7 Å². The quantitative estimate of drug-likeness (QED) is 0.508. The van der Waals surface area contributed by atoms with Crippen molar-refractivity contribution in [1.82, 2.24) is 5.32 Å². The lowest BCUT2D eigenvalue weighted by atomic mass is 10.1. The van der Waals surface area contributed by atoms with Gasteiger partial charge in [0, 0.05) is 19.3 Å². The van der Waals surface area contributed by atoms with Gasteiger partial charge in [0.15, 0.2) is 0 Å². The summed E-state index contributed by atoms with van der Waals surface area (Å²) in [5, 5.41) is 3.17. The standard InChI is InChI=1S/C14H31NO7P2/c1-5-19-23(16,20-6-2)14(15-13-9-11-18-12-10-13)24(17,21-7-3)22-8-4/h13-15H,5-12H2,1-4H3. The van der Waals surface area contributed by atoms with E-state index in [0.29, 0.717) is 26.1 Å². The summed E-state index contributed by atoms with van der Waals surface area (Å²) in [7, 11) is -7.48. The van der Waals surface area contributed by atoms with Crippen molar-refractivity contribution in [2.45, 2.75) is 52.1 Å². The third kappa shape index (κ3) is 6.19. The van der Waals surface area contributed by atoms with E-state index < -0.39 is 20.7 Å². The number of nitrogens with one attached hydrogen (secondary N) is 1. The van der Waals surface area contributed by atoms with Gasteiger partial charge in [-0.3, -0.25) is 14.4 Å². The van der Waals surface area contributed by atoms with E-state index in [-0.39, 0.29) is 32.5 Å². The highest BCUT2D eigenvalue weighted by Gasteiger charge is 2.51. The van der Waals surface area contributed by atoms with E-state index in [1.807, 2.05) is 0 Å². The van der Waals surface area contributed by atoms with Crippen LogP contribution in [0.1, 0.15) is 40.5 Å². The summed E-state index contributed by atoms with van der Waals surface area (Å²) in [4.78, 5) is 0. The van der Waals surface area contributed by atoms with E-state index in [2.05, 4.69) is 5.32 Å². The molecule has 0 radical (unpaired) electrons. The van der Waals surface area contributed by atoms with Gasteiger partial charge in [0.25, 0.3) is 0 Å². The van der Waals surface area contributed by atoms with Crippen LogP contribution in [0.25, 0.3) is 0 Å². The molecular weight excluding hydrogens is 356 g/mol. The van der Waals surface area contributed by atoms with Gasteiger partial charge in [-0.2, -0.15) is 0 Å². The zero-order valence-corrected chi connectivity index (χ0v) is 16.9. The van der Waals surface area contributed by atoms with Crippen molar-refractivity contribution in [2.24, 2.45) is 0 Å². The Morgan fingerprint density at radius 3 is 1.58 bits per heavy atom. The van der Waals surface area contributed by atoms with Gasteiger partial charge in [0.2, 0.25) is 5.52 Å². The molecule has 8 nitrogen and oxygen atoms in total. The van der Waals surface area contributed by atoms with Crippen LogP contribution < -0.4 is 5.32 Å². The van der Waals surface area contributed by atoms with Crippen LogP contribution in [0.5, 0.6) is 0 Å². The number of hydrogen-bond donors (Lipinski definition) is 1. The van der Waals surface area contributed by atoms with Crippen LogP contribution in [0.4, 0.5) is 0 Å². The first kappa shape index (κ1) is 22.3. The lowest BCUT2D eigenvalue weighted by Crippen LogP contribution is -2.42. The molecule has 0 atom stereocenters. The second-order valence-corrected chi connectivity index (χ2v) is 9.81. The molecule has 1 aliphatic heterocycles. The molecule has 10 heteroatoms. The second kappa shape index (κ2) is 11.0. The Bertz CT molecular complexity index is 393. The van der Waals surface area contributed by atoms with Gasteiger partial charge in [0.1, 0.15) is 0 Å². The Labute approximate surface area is 145 Å². The SMILES string of the molecule is CCOP(=O)(OCC)C(NC1CCOCC1)P(=O)(OCC)OCC. The van der Waals surface area contributed by atoms with Crippen LogP contribution in [-0.4, -0.2) is 51.2 Å². The first-order valence-corrected chi connectivity index (χ1v) is 11.8. The highest BCUT2D eigenvalue weighted by atomic mass is 31.2. The van der Waals surface area contributed by atoms with Crippen LogP contribution >= 0.6 is 15.2 Å². The summed E-state index contributed by atoms with van der Waals surface area (Å²) in [6, 6.07) is -0.0211. The molecule has 0 bridgehead atoms. The maximum atomic E-state index is 13.3. The summed E-state index contributed by atoms with van der Waals surface area (Å²) in [6.07, 6.45) is 1.43. The Hall–Kier alpha value is 0.220. The molecule has 0 amide bonds. The molecule has 1 aliphatic rings. The molecule has 1 saturated heterocycles. The lowest BCUT2D eigenvalue weighted by molar-refractivity contribution is 0.0761. The van der Waals surface area contributed by atoms with Crippen molar-refractivity contribution in [2.75, 3.05) is 39.6 Å². The Morgan fingerprint density at radius 1 is 0.875 bits per heavy atom. The van der Waals surface area contributed by atoms with Gasteiger partial charge in [-0.1, -0.05) is 0 Å². The Morgan fingerprint density at radius 2 is 1.25 bits per heavy atom. The summed E-state index contributed by atoms with van der Waals surface area (Å²) in [5.41, 5.74) is -1.16. The van der Waals surface area contributed by atoms with Gasteiger partial charge >= 0.3 is 15.2 Å². The van der Waals surface area contributed by atoms with Gasteiger partial charge in [-0.25, -0.2) is 0 Å². The molecule has 1 N–H and O–H groups in total. The summed E-state index contributed by atoms with van der Waals surface area (Å²) in [6.45, 7) is 8.70. The van der Waals surface area contributed by atoms with E-state index >= 15 is 0 Å². The minimum absolute atomic E-state index is 0.0211. The molecule has 0 spiro atoms. The van der Waals surface area contributed by atoms with Crippen LogP contribution in [-0.2, 0) is 32.0 Å². The molecule has 1 fully saturated rings. The molecule has 0 aromatic carbocycles. The first-order chi connectivity index (χ1) is 11.5. The maximum Gasteiger partial charge on any atom is 0.359 e. The third-order valence-electron chi connectivity index (χ3n) is 3.44. The fourth-order valence-electron chi connectivity index (χ4n) is 2.51. The van der Waals surface area contributed by atoms with Gasteiger partial charge in [-0.05, 0) is 40.5 Å². The second-order valence-electron chi connectivity index (χ2n) is 5.18. The molecular formula is C14H31NO7P2.